The number of aromatic nitrogens is 5. The van der Waals surface area contributed by atoms with Gasteiger partial charge in [0.05, 0.1) is 43.8 Å². The maximum Gasteiger partial charge on any atom is 0.251 e. The van der Waals surface area contributed by atoms with Crippen LogP contribution in [0.15, 0.2) is 59.5 Å². The SMILES string of the molecule is C=S(=O)(c1cnn(C)c1)N(C1CC(F)(F)C1)[C@H]1CCC2=Cc3c(cnn3-c3ccc(F)cc3)C[C@]2(C(=O)c2ncc(C)s2)C1. The lowest BCUT2D eigenvalue weighted by Crippen LogP contribution is -2.59. The second kappa shape index (κ2) is 10.2. The van der Waals surface area contributed by atoms with Crippen molar-refractivity contribution in [3.8, 4) is 5.69 Å². The molecule has 3 aliphatic rings. The number of rotatable bonds is 7. The minimum Gasteiger partial charge on any atom is -0.290 e. The summed E-state index contributed by atoms with van der Waals surface area (Å²) in [5.74, 6) is 0.771. The molecule has 7 rings (SSSR count). The molecular weight excluding hydrogens is 610 g/mol. The molecule has 0 N–H and O–H groups in total. The molecular formula is C31H31F3N6O2S2. The van der Waals surface area contributed by atoms with Crippen LogP contribution in [0.1, 0.15) is 58.0 Å². The summed E-state index contributed by atoms with van der Waals surface area (Å²) in [6, 6.07) is 4.94. The van der Waals surface area contributed by atoms with Gasteiger partial charge in [0, 0.05) is 49.2 Å². The van der Waals surface area contributed by atoms with E-state index in [1.165, 1.54) is 34.3 Å². The van der Waals surface area contributed by atoms with E-state index >= 15 is 0 Å². The summed E-state index contributed by atoms with van der Waals surface area (Å²) >= 11 is 1.32. The van der Waals surface area contributed by atoms with Crippen LogP contribution < -0.4 is 0 Å². The maximum atomic E-state index is 14.5. The molecule has 3 heterocycles. The number of aryl methyl sites for hydroxylation is 2. The van der Waals surface area contributed by atoms with E-state index < -0.39 is 46.0 Å². The van der Waals surface area contributed by atoms with Crippen LogP contribution in [0.2, 0.25) is 0 Å². The summed E-state index contributed by atoms with van der Waals surface area (Å²) in [7, 11) is -1.51. The van der Waals surface area contributed by atoms with Crippen LogP contribution in [0.25, 0.3) is 11.8 Å². The Labute approximate surface area is 257 Å². The molecule has 2 saturated carbocycles. The second-order valence-corrected chi connectivity index (χ2v) is 15.6. The van der Waals surface area contributed by atoms with Crippen LogP contribution in [0.5, 0.6) is 0 Å². The number of thiazole rings is 1. The lowest BCUT2D eigenvalue weighted by atomic mass is 9.60. The van der Waals surface area contributed by atoms with Crippen LogP contribution in [-0.4, -0.2) is 62.7 Å². The zero-order chi connectivity index (χ0) is 31.0. The summed E-state index contributed by atoms with van der Waals surface area (Å²) in [5.41, 5.74) is 2.21. The number of carbonyl (C=O) groups is 1. The Balaban J connectivity index is 1.32. The van der Waals surface area contributed by atoms with Crippen molar-refractivity contribution < 1.29 is 22.2 Å². The average Bonchev–Trinajstić information content (AvgIpc) is 3.70. The van der Waals surface area contributed by atoms with Crippen molar-refractivity contribution in [2.24, 2.45) is 12.5 Å². The molecule has 13 heteroatoms. The number of alkyl halides is 2. The van der Waals surface area contributed by atoms with Gasteiger partial charge in [0.25, 0.3) is 5.92 Å². The van der Waals surface area contributed by atoms with Crippen LogP contribution in [0.4, 0.5) is 13.2 Å². The van der Waals surface area contributed by atoms with E-state index in [4.69, 9.17) is 0 Å². The van der Waals surface area contributed by atoms with Crippen LogP contribution in [0, 0.1) is 18.2 Å². The Bertz CT molecular complexity index is 1900. The van der Waals surface area contributed by atoms with Gasteiger partial charge in [-0.15, -0.1) is 11.3 Å². The molecule has 8 nitrogen and oxygen atoms in total. The number of benzene rings is 1. The number of ketones is 1. The van der Waals surface area contributed by atoms with Crippen molar-refractivity contribution in [3.63, 3.8) is 0 Å². The van der Waals surface area contributed by atoms with Crippen molar-refractivity contribution in [1.82, 2.24) is 28.9 Å². The van der Waals surface area contributed by atoms with Gasteiger partial charge in [-0.25, -0.2) is 31.4 Å². The van der Waals surface area contributed by atoms with Gasteiger partial charge in [-0.1, -0.05) is 5.57 Å². The molecule has 0 amide bonds. The second-order valence-electron chi connectivity index (χ2n) is 12.1. The Morgan fingerprint density at radius 2 is 1.86 bits per heavy atom. The monoisotopic (exact) mass is 640 g/mol. The van der Waals surface area contributed by atoms with E-state index in [-0.39, 0.29) is 18.0 Å². The molecule has 0 spiro atoms. The van der Waals surface area contributed by atoms with E-state index in [1.807, 2.05) is 13.0 Å². The van der Waals surface area contributed by atoms with Gasteiger partial charge in [0.15, 0.2) is 5.01 Å². The van der Waals surface area contributed by atoms with E-state index in [1.54, 1.807) is 46.8 Å². The molecule has 44 heavy (non-hydrogen) atoms. The number of nitrogens with zero attached hydrogens (tertiary/aromatic N) is 6. The van der Waals surface area contributed by atoms with Crippen LogP contribution >= 0.6 is 11.3 Å². The molecule has 2 fully saturated rings. The smallest absolute Gasteiger partial charge is 0.251 e. The summed E-state index contributed by atoms with van der Waals surface area (Å²) in [4.78, 5) is 20.3. The van der Waals surface area contributed by atoms with Gasteiger partial charge < -0.3 is 0 Å². The van der Waals surface area contributed by atoms with Gasteiger partial charge in [-0.2, -0.15) is 10.2 Å². The van der Waals surface area contributed by atoms with Crippen molar-refractivity contribution in [3.05, 3.63) is 81.6 Å². The maximum absolute atomic E-state index is 14.5. The first kappa shape index (κ1) is 29.2. The molecule has 0 radical (unpaired) electrons. The lowest BCUT2D eigenvalue weighted by Gasteiger charge is -2.51. The van der Waals surface area contributed by atoms with Gasteiger partial charge in [0.1, 0.15) is 5.82 Å². The Morgan fingerprint density at radius 1 is 1.11 bits per heavy atom. The third-order valence-electron chi connectivity index (χ3n) is 9.13. The fraction of sp³-hybridized carbons (Fsp3) is 0.387. The van der Waals surface area contributed by atoms with Crippen molar-refractivity contribution >= 4 is 38.8 Å². The van der Waals surface area contributed by atoms with E-state index in [9.17, 15) is 22.2 Å². The Kier molecular flexibility index (Phi) is 6.79. The lowest BCUT2D eigenvalue weighted by molar-refractivity contribution is -0.115. The zero-order valence-corrected chi connectivity index (χ0v) is 25.9. The standard InChI is InChI=1S/C31H31F3N6O2S2/c1-19-15-35-29(43-19)28(41)30-11-20-16-37-39(23-8-5-22(32)6-9-23)27(20)10-21(30)4-7-24(12-30)40(25-13-31(33,34)14-25)44(3,42)26-17-36-38(2)18-26/h5-6,8-10,15-18,24-25H,3-4,7,11-14H2,1-2H3/t24-,30-,44?/m0/s1. The predicted molar refractivity (Wildman–Crippen MR) is 163 cm³/mol. The summed E-state index contributed by atoms with van der Waals surface area (Å²) in [6.07, 6.45) is 9.23. The number of hydrogen-bond donors (Lipinski definition) is 0. The van der Waals surface area contributed by atoms with E-state index in [2.05, 4.69) is 21.1 Å². The van der Waals surface area contributed by atoms with Crippen molar-refractivity contribution in [1.29, 1.82) is 0 Å². The highest BCUT2D eigenvalue weighted by atomic mass is 32.2. The minimum atomic E-state index is -3.21. The zero-order valence-electron chi connectivity index (χ0n) is 24.3. The quantitative estimate of drug-likeness (QED) is 0.192. The first-order valence-corrected chi connectivity index (χ1v) is 16.9. The summed E-state index contributed by atoms with van der Waals surface area (Å²) in [6.45, 7) is 1.89. The fourth-order valence-corrected chi connectivity index (χ4v) is 9.90. The number of allylic oxidation sites excluding steroid dienone is 1. The molecule has 3 aromatic heterocycles. The van der Waals surface area contributed by atoms with Crippen LogP contribution in [0.3, 0.4) is 0 Å². The molecule has 0 saturated heterocycles. The number of hydrogen-bond acceptors (Lipinski definition) is 6. The number of Topliss-reactive ketones (excluding diaryl/α,β-unsaturated/α-hetero) is 1. The van der Waals surface area contributed by atoms with Crippen molar-refractivity contribution in [2.45, 2.75) is 68.4 Å². The number of halogens is 3. The molecule has 230 valence electrons. The fourth-order valence-electron chi connectivity index (χ4n) is 7.03. The van der Waals surface area contributed by atoms with Gasteiger partial charge in [-0.3, -0.25) is 9.48 Å². The number of fused-ring (bicyclic) bond motifs is 2. The highest BCUT2D eigenvalue weighted by molar-refractivity contribution is 7.98. The topological polar surface area (TPSA) is 85.9 Å². The highest BCUT2D eigenvalue weighted by Crippen LogP contribution is 2.53. The average molecular weight is 641 g/mol. The Morgan fingerprint density at radius 3 is 2.50 bits per heavy atom. The van der Waals surface area contributed by atoms with Gasteiger partial charge in [-0.05, 0) is 74.4 Å². The molecule has 1 aromatic carbocycles. The number of carbonyl (C=O) groups excluding carboxylic acids is 1. The summed E-state index contributed by atoms with van der Waals surface area (Å²) in [5, 5.41) is 9.14. The third kappa shape index (κ3) is 4.76. The largest absolute Gasteiger partial charge is 0.290 e. The molecule has 0 aliphatic heterocycles. The van der Waals surface area contributed by atoms with Crippen molar-refractivity contribution in [2.75, 3.05) is 0 Å². The third-order valence-corrected chi connectivity index (χ3v) is 12.3. The summed E-state index contributed by atoms with van der Waals surface area (Å²) < 4.78 is 61.7. The predicted octanol–water partition coefficient (Wildman–Crippen LogP) is 5.66. The van der Waals surface area contributed by atoms with E-state index in [0.717, 1.165) is 21.7 Å². The van der Waals surface area contributed by atoms with Gasteiger partial charge in [0.2, 0.25) is 5.78 Å². The molecule has 3 aliphatic carbocycles. The normalized spacial score (nSPS) is 24.2. The highest BCUT2D eigenvalue weighted by Gasteiger charge is 2.56. The minimum absolute atomic E-state index is 0.137. The molecule has 0 bridgehead atoms. The van der Waals surface area contributed by atoms with Crippen LogP contribution in [-0.2, 0) is 23.2 Å². The molecule has 1 unspecified atom stereocenters. The molecule has 4 aromatic rings. The van der Waals surface area contributed by atoms with Gasteiger partial charge >= 0.3 is 0 Å². The first-order chi connectivity index (χ1) is 20.9. The first-order valence-electron chi connectivity index (χ1n) is 14.4. The molecule has 3 atom stereocenters. The Hall–Kier alpha value is -3.55. The van der Waals surface area contributed by atoms with E-state index in [0.29, 0.717) is 34.9 Å².